The van der Waals surface area contributed by atoms with Crippen LogP contribution in [0.25, 0.3) is 0 Å². The highest BCUT2D eigenvalue weighted by Crippen LogP contribution is 2.32. The average Bonchev–Trinajstić information content (AvgIpc) is 2.46. The second kappa shape index (κ2) is 5.66. The van der Waals surface area contributed by atoms with Gasteiger partial charge in [-0.15, -0.1) is 0 Å². The van der Waals surface area contributed by atoms with Crippen LogP contribution in [0.5, 0.6) is 0 Å². The van der Waals surface area contributed by atoms with Gasteiger partial charge >= 0.3 is 0 Å². The fraction of sp³-hybridized carbons (Fsp3) is 0.529. The van der Waals surface area contributed by atoms with E-state index in [0.717, 1.165) is 38.8 Å². The molecule has 0 atom stereocenters. The predicted molar refractivity (Wildman–Crippen MR) is 77.1 cm³/mol. The molecule has 20 heavy (non-hydrogen) atoms. The van der Waals surface area contributed by atoms with Gasteiger partial charge in [0.05, 0.1) is 11.6 Å². The zero-order valence-corrected chi connectivity index (χ0v) is 11.7. The summed E-state index contributed by atoms with van der Waals surface area (Å²) in [4.78, 5) is 14.3. The third-order valence-corrected chi connectivity index (χ3v) is 4.77. The number of rotatable bonds is 2. The molecule has 1 aliphatic carbocycles. The van der Waals surface area contributed by atoms with Crippen molar-refractivity contribution in [1.82, 2.24) is 4.90 Å². The summed E-state index contributed by atoms with van der Waals surface area (Å²) in [6, 6.07) is 10.1. The van der Waals surface area contributed by atoms with Crippen molar-refractivity contribution in [1.29, 1.82) is 5.26 Å². The second-order valence-corrected chi connectivity index (χ2v) is 5.96. The summed E-state index contributed by atoms with van der Waals surface area (Å²) in [5.41, 5.74) is 2.02. The number of amides is 1. The van der Waals surface area contributed by atoms with Crippen LogP contribution in [0.1, 0.15) is 49.1 Å². The molecule has 0 bridgehead atoms. The lowest BCUT2D eigenvalue weighted by molar-refractivity contribution is -0.139. The van der Waals surface area contributed by atoms with Gasteiger partial charge in [0.2, 0.25) is 5.91 Å². The molecule has 0 unspecified atom stereocenters. The van der Waals surface area contributed by atoms with E-state index in [-0.39, 0.29) is 0 Å². The molecule has 1 aliphatic heterocycles. The Morgan fingerprint density at radius 3 is 2.25 bits per heavy atom. The monoisotopic (exact) mass is 268 g/mol. The third-order valence-electron chi connectivity index (χ3n) is 4.77. The number of hydrogen-bond donors (Lipinski definition) is 0. The topological polar surface area (TPSA) is 44.1 Å². The minimum atomic E-state index is 0.321. The maximum absolute atomic E-state index is 12.2. The molecule has 3 nitrogen and oxygen atoms in total. The van der Waals surface area contributed by atoms with Gasteiger partial charge in [-0.2, -0.15) is 5.26 Å². The number of piperidine rings is 1. The minimum absolute atomic E-state index is 0.321. The minimum Gasteiger partial charge on any atom is -0.342 e. The fourth-order valence-corrected chi connectivity index (χ4v) is 3.18. The third kappa shape index (κ3) is 2.56. The van der Waals surface area contributed by atoms with Crippen molar-refractivity contribution < 1.29 is 4.79 Å². The van der Waals surface area contributed by atoms with Crippen LogP contribution >= 0.6 is 0 Å². The Hall–Kier alpha value is -1.82. The van der Waals surface area contributed by atoms with Gasteiger partial charge in [0.1, 0.15) is 0 Å². The van der Waals surface area contributed by atoms with Gasteiger partial charge in [-0.3, -0.25) is 4.79 Å². The number of hydrogen-bond acceptors (Lipinski definition) is 2. The molecule has 0 aromatic heterocycles. The molecule has 3 rings (SSSR count). The average molecular weight is 268 g/mol. The molecule has 2 aliphatic rings. The Labute approximate surface area is 120 Å². The number of carbonyl (C=O) groups excluding carboxylic acids is 1. The zero-order valence-electron chi connectivity index (χ0n) is 11.7. The number of nitrogens with zero attached hydrogens (tertiary/aromatic N) is 2. The van der Waals surface area contributed by atoms with E-state index in [0.29, 0.717) is 23.3 Å². The highest BCUT2D eigenvalue weighted by Gasteiger charge is 2.31. The van der Waals surface area contributed by atoms with Crippen LogP contribution in [-0.4, -0.2) is 23.9 Å². The maximum atomic E-state index is 12.2. The van der Waals surface area contributed by atoms with E-state index in [1.54, 1.807) is 0 Å². The van der Waals surface area contributed by atoms with Crippen molar-refractivity contribution in [2.45, 2.75) is 38.0 Å². The fourth-order valence-electron chi connectivity index (χ4n) is 3.18. The number of likely N-dealkylation sites (tertiary alicyclic amines) is 1. The molecule has 1 aromatic rings. The molecule has 104 valence electrons. The van der Waals surface area contributed by atoms with Gasteiger partial charge in [-0.25, -0.2) is 0 Å². The first-order chi connectivity index (χ1) is 9.78. The molecule has 3 heteroatoms. The highest BCUT2D eigenvalue weighted by atomic mass is 16.2. The van der Waals surface area contributed by atoms with E-state index >= 15 is 0 Å². The van der Waals surface area contributed by atoms with Crippen LogP contribution in [0.15, 0.2) is 24.3 Å². The van der Waals surface area contributed by atoms with E-state index in [2.05, 4.69) is 23.1 Å². The van der Waals surface area contributed by atoms with Gasteiger partial charge < -0.3 is 4.90 Å². The Kier molecular flexibility index (Phi) is 3.73. The largest absolute Gasteiger partial charge is 0.342 e. The van der Waals surface area contributed by atoms with E-state index in [1.807, 2.05) is 12.1 Å². The molecule has 1 amide bonds. The molecule has 1 aromatic carbocycles. The summed E-state index contributed by atoms with van der Waals surface area (Å²) in [7, 11) is 0. The van der Waals surface area contributed by atoms with Crippen LogP contribution in [0.4, 0.5) is 0 Å². The van der Waals surface area contributed by atoms with Crippen molar-refractivity contribution in [3.05, 3.63) is 35.4 Å². The molecular weight excluding hydrogens is 248 g/mol. The van der Waals surface area contributed by atoms with E-state index < -0.39 is 0 Å². The standard InChI is InChI=1S/C17H20N2O/c18-12-13-4-6-14(7-5-13)15-8-10-19(11-9-15)17(20)16-2-1-3-16/h4-7,15-16H,1-3,8-11H2. The molecular formula is C17H20N2O. The van der Waals surface area contributed by atoms with Gasteiger partial charge in [-0.05, 0) is 49.3 Å². The second-order valence-electron chi connectivity index (χ2n) is 5.96. The molecule has 1 saturated carbocycles. The van der Waals surface area contributed by atoms with Gasteiger partial charge in [-0.1, -0.05) is 18.6 Å². The highest BCUT2D eigenvalue weighted by molar-refractivity contribution is 5.79. The number of carbonyl (C=O) groups is 1. The molecule has 2 fully saturated rings. The van der Waals surface area contributed by atoms with Crippen LogP contribution in [-0.2, 0) is 4.79 Å². The SMILES string of the molecule is N#Cc1ccc(C2CCN(C(=O)C3CCC3)CC2)cc1. The Morgan fingerprint density at radius 2 is 1.75 bits per heavy atom. The first-order valence-corrected chi connectivity index (χ1v) is 7.57. The van der Waals surface area contributed by atoms with Crippen LogP contribution in [0.2, 0.25) is 0 Å². The molecule has 0 radical (unpaired) electrons. The quantitative estimate of drug-likeness (QED) is 0.827. The van der Waals surface area contributed by atoms with Crippen molar-refractivity contribution in [3.8, 4) is 6.07 Å². The summed E-state index contributed by atoms with van der Waals surface area (Å²) in [5.74, 6) is 1.24. The van der Waals surface area contributed by atoms with Crippen LogP contribution in [0.3, 0.4) is 0 Å². The van der Waals surface area contributed by atoms with E-state index in [4.69, 9.17) is 5.26 Å². The van der Waals surface area contributed by atoms with Crippen molar-refractivity contribution in [2.24, 2.45) is 5.92 Å². The Morgan fingerprint density at radius 1 is 1.10 bits per heavy atom. The van der Waals surface area contributed by atoms with Crippen LogP contribution in [0, 0.1) is 17.2 Å². The normalized spacial score (nSPS) is 20.2. The first-order valence-electron chi connectivity index (χ1n) is 7.57. The number of nitriles is 1. The van der Waals surface area contributed by atoms with Gasteiger partial charge in [0.25, 0.3) is 0 Å². The molecule has 0 N–H and O–H groups in total. The first kappa shape index (κ1) is 13.2. The number of benzene rings is 1. The molecule has 0 spiro atoms. The Bertz CT molecular complexity index is 517. The summed E-state index contributed by atoms with van der Waals surface area (Å²) in [6.07, 6.45) is 5.50. The smallest absolute Gasteiger partial charge is 0.225 e. The van der Waals surface area contributed by atoms with Crippen molar-refractivity contribution in [3.63, 3.8) is 0 Å². The molecule has 1 saturated heterocycles. The summed E-state index contributed by atoms with van der Waals surface area (Å²) in [5, 5.41) is 8.82. The lowest BCUT2D eigenvalue weighted by atomic mass is 9.83. The lowest BCUT2D eigenvalue weighted by Crippen LogP contribution is -2.43. The van der Waals surface area contributed by atoms with Crippen molar-refractivity contribution >= 4 is 5.91 Å². The zero-order chi connectivity index (χ0) is 13.9. The molecule has 1 heterocycles. The lowest BCUT2D eigenvalue weighted by Gasteiger charge is -2.36. The van der Waals surface area contributed by atoms with E-state index in [9.17, 15) is 4.79 Å². The van der Waals surface area contributed by atoms with E-state index in [1.165, 1.54) is 12.0 Å². The van der Waals surface area contributed by atoms with Gasteiger partial charge in [0.15, 0.2) is 0 Å². The summed E-state index contributed by atoms with van der Waals surface area (Å²) >= 11 is 0. The summed E-state index contributed by atoms with van der Waals surface area (Å²) < 4.78 is 0. The summed E-state index contributed by atoms with van der Waals surface area (Å²) in [6.45, 7) is 1.78. The maximum Gasteiger partial charge on any atom is 0.225 e. The van der Waals surface area contributed by atoms with Crippen LogP contribution < -0.4 is 0 Å². The Balaban J connectivity index is 1.57. The van der Waals surface area contributed by atoms with Gasteiger partial charge in [0, 0.05) is 19.0 Å². The predicted octanol–water partition coefficient (Wildman–Crippen LogP) is 3.06. The van der Waals surface area contributed by atoms with Crippen molar-refractivity contribution in [2.75, 3.05) is 13.1 Å².